The molecule has 6 nitrogen and oxygen atoms in total. The lowest BCUT2D eigenvalue weighted by atomic mass is 9.84. The van der Waals surface area contributed by atoms with Crippen molar-refractivity contribution in [2.24, 2.45) is 10.1 Å². The van der Waals surface area contributed by atoms with E-state index in [0.717, 1.165) is 16.1 Å². The van der Waals surface area contributed by atoms with Gasteiger partial charge in [0.1, 0.15) is 5.02 Å². The molecule has 166 valence electrons. The fourth-order valence-corrected chi connectivity index (χ4v) is 5.18. The predicted octanol–water partition coefficient (Wildman–Crippen LogP) is 6.63. The maximum Gasteiger partial charge on any atom is 0.288 e. The highest BCUT2D eigenvalue weighted by molar-refractivity contribution is 7.07. The van der Waals surface area contributed by atoms with Gasteiger partial charge in [0.25, 0.3) is 5.69 Å². The number of nitro groups is 1. The summed E-state index contributed by atoms with van der Waals surface area (Å²) in [6, 6.07) is 13.5. The van der Waals surface area contributed by atoms with Gasteiger partial charge in [-0.15, -0.1) is 11.3 Å². The molecule has 0 radical (unpaired) electrons. The van der Waals surface area contributed by atoms with Crippen molar-refractivity contribution in [1.82, 2.24) is 4.68 Å². The molecule has 0 saturated heterocycles. The molecule has 0 spiro atoms. The van der Waals surface area contributed by atoms with Crippen molar-refractivity contribution in [2.45, 2.75) is 44.9 Å². The van der Waals surface area contributed by atoms with Crippen LogP contribution >= 0.6 is 22.9 Å². The van der Waals surface area contributed by atoms with E-state index in [-0.39, 0.29) is 10.7 Å². The molecule has 0 aliphatic heterocycles. The summed E-state index contributed by atoms with van der Waals surface area (Å²) in [5, 5.41) is 18.2. The van der Waals surface area contributed by atoms with Crippen LogP contribution in [0.15, 0.2) is 57.9 Å². The first kappa shape index (κ1) is 22.4. The molecule has 8 heteroatoms. The minimum Gasteiger partial charge on any atom is -0.261 e. The SMILES string of the molecule is CN=c1scc(-c2ccc(C3CCCCC3)cc2)n1N=C(C)c1ccc(Cl)c([N+](=O)[O-])c1. The molecular formula is C24H25ClN4O2S. The first-order valence-electron chi connectivity index (χ1n) is 10.7. The quantitative estimate of drug-likeness (QED) is 0.239. The Hall–Kier alpha value is -2.77. The van der Waals surface area contributed by atoms with E-state index in [2.05, 4.69) is 29.3 Å². The van der Waals surface area contributed by atoms with Gasteiger partial charge in [-0.2, -0.15) is 5.10 Å². The zero-order valence-corrected chi connectivity index (χ0v) is 19.7. The normalized spacial score (nSPS) is 15.8. The van der Waals surface area contributed by atoms with Gasteiger partial charge in [0.05, 0.1) is 16.3 Å². The van der Waals surface area contributed by atoms with Gasteiger partial charge in [0.15, 0.2) is 0 Å². The lowest BCUT2D eigenvalue weighted by molar-refractivity contribution is -0.384. The second-order valence-corrected chi connectivity index (χ2v) is 9.25. The van der Waals surface area contributed by atoms with Crippen LogP contribution in [0.3, 0.4) is 0 Å². The van der Waals surface area contributed by atoms with Crippen LogP contribution in [-0.4, -0.2) is 22.4 Å². The van der Waals surface area contributed by atoms with E-state index >= 15 is 0 Å². The minimum absolute atomic E-state index is 0.109. The third-order valence-corrected chi connectivity index (χ3v) is 7.20. The zero-order valence-electron chi connectivity index (χ0n) is 18.1. The number of aromatic nitrogens is 1. The highest BCUT2D eigenvalue weighted by atomic mass is 35.5. The maximum absolute atomic E-state index is 11.3. The summed E-state index contributed by atoms with van der Waals surface area (Å²) in [5.74, 6) is 0.662. The Morgan fingerprint density at radius 1 is 1.16 bits per heavy atom. The molecule has 0 N–H and O–H groups in total. The largest absolute Gasteiger partial charge is 0.288 e. The molecular weight excluding hydrogens is 444 g/mol. The summed E-state index contributed by atoms with van der Waals surface area (Å²) in [4.78, 5) is 15.9. The van der Waals surface area contributed by atoms with E-state index in [0.29, 0.717) is 17.2 Å². The number of rotatable bonds is 5. The van der Waals surface area contributed by atoms with Crippen molar-refractivity contribution in [2.75, 3.05) is 7.05 Å². The predicted molar refractivity (Wildman–Crippen MR) is 131 cm³/mol. The van der Waals surface area contributed by atoms with Crippen LogP contribution < -0.4 is 4.80 Å². The van der Waals surface area contributed by atoms with Crippen molar-refractivity contribution in [3.05, 3.63) is 78.9 Å². The van der Waals surface area contributed by atoms with Crippen LogP contribution in [0.2, 0.25) is 5.02 Å². The number of nitrogens with zero attached hydrogens (tertiary/aromatic N) is 4. The smallest absolute Gasteiger partial charge is 0.261 e. The minimum atomic E-state index is -0.483. The standard InChI is InChI=1S/C24H25ClN4O2S/c1-16(20-12-13-21(25)22(14-20)29(30)31)27-28-23(15-32-24(28)26-2)19-10-8-18(9-11-19)17-6-4-3-5-7-17/h8-15,17H,3-7H2,1-2H3. The van der Waals surface area contributed by atoms with Gasteiger partial charge < -0.3 is 0 Å². The van der Waals surface area contributed by atoms with Crippen molar-refractivity contribution < 1.29 is 4.92 Å². The Morgan fingerprint density at radius 2 is 1.88 bits per heavy atom. The first-order chi connectivity index (χ1) is 15.5. The van der Waals surface area contributed by atoms with Gasteiger partial charge >= 0.3 is 0 Å². The molecule has 0 atom stereocenters. The molecule has 0 bridgehead atoms. The first-order valence-corrected chi connectivity index (χ1v) is 12.0. The van der Waals surface area contributed by atoms with Crippen LogP contribution in [0.1, 0.15) is 56.1 Å². The molecule has 1 aromatic heterocycles. The van der Waals surface area contributed by atoms with Crippen LogP contribution in [0.25, 0.3) is 11.3 Å². The van der Waals surface area contributed by atoms with Gasteiger partial charge in [-0.3, -0.25) is 15.1 Å². The van der Waals surface area contributed by atoms with Crippen LogP contribution in [0, 0.1) is 10.1 Å². The maximum atomic E-state index is 11.3. The van der Waals surface area contributed by atoms with E-state index in [1.54, 1.807) is 17.8 Å². The Bertz CT molecular complexity index is 1220. The molecule has 4 rings (SSSR count). The van der Waals surface area contributed by atoms with Gasteiger partial charge in [0.2, 0.25) is 4.80 Å². The number of hydrogen-bond donors (Lipinski definition) is 0. The number of halogens is 1. The molecule has 3 aromatic rings. The highest BCUT2D eigenvalue weighted by Crippen LogP contribution is 2.33. The van der Waals surface area contributed by atoms with Gasteiger partial charge in [-0.1, -0.05) is 61.2 Å². The number of thiazole rings is 1. The average molecular weight is 469 g/mol. The summed E-state index contributed by atoms with van der Waals surface area (Å²) in [7, 11) is 1.73. The monoisotopic (exact) mass is 468 g/mol. The Labute approximate surface area is 196 Å². The second-order valence-electron chi connectivity index (χ2n) is 8.00. The van der Waals surface area contributed by atoms with E-state index in [4.69, 9.17) is 16.7 Å². The topological polar surface area (TPSA) is 72.8 Å². The Kier molecular flexibility index (Phi) is 6.86. The van der Waals surface area contributed by atoms with E-state index in [9.17, 15) is 10.1 Å². The van der Waals surface area contributed by atoms with Gasteiger partial charge in [-0.25, -0.2) is 4.68 Å². The molecule has 1 aliphatic rings. The molecule has 2 aromatic carbocycles. The molecule has 1 heterocycles. The van der Waals surface area contributed by atoms with Crippen molar-refractivity contribution in [1.29, 1.82) is 0 Å². The van der Waals surface area contributed by atoms with E-state index < -0.39 is 4.92 Å². The van der Waals surface area contributed by atoms with Crippen molar-refractivity contribution in [3.8, 4) is 11.3 Å². The summed E-state index contributed by atoms with van der Waals surface area (Å²) in [6.07, 6.45) is 6.52. The molecule has 1 aliphatic carbocycles. The lowest BCUT2D eigenvalue weighted by Gasteiger charge is -2.22. The summed E-state index contributed by atoms with van der Waals surface area (Å²) >= 11 is 7.47. The lowest BCUT2D eigenvalue weighted by Crippen LogP contribution is -2.14. The fourth-order valence-electron chi connectivity index (χ4n) is 4.19. The molecule has 32 heavy (non-hydrogen) atoms. The third kappa shape index (κ3) is 4.69. The molecule has 0 unspecified atom stereocenters. The number of benzene rings is 2. The van der Waals surface area contributed by atoms with Crippen LogP contribution in [-0.2, 0) is 0 Å². The summed E-state index contributed by atoms with van der Waals surface area (Å²) < 4.78 is 1.80. The Balaban J connectivity index is 1.70. The summed E-state index contributed by atoms with van der Waals surface area (Å²) in [6.45, 7) is 1.83. The average Bonchev–Trinajstić information content (AvgIpc) is 3.22. The van der Waals surface area contributed by atoms with Crippen LogP contribution in [0.5, 0.6) is 0 Å². The highest BCUT2D eigenvalue weighted by Gasteiger charge is 2.17. The number of hydrogen-bond acceptors (Lipinski definition) is 5. The zero-order chi connectivity index (χ0) is 22.7. The van der Waals surface area contributed by atoms with E-state index in [1.807, 2.05) is 12.3 Å². The fraction of sp³-hybridized carbons (Fsp3) is 0.333. The third-order valence-electron chi connectivity index (χ3n) is 5.97. The molecule has 0 amide bonds. The van der Waals surface area contributed by atoms with Gasteiger partial charge in [0, 0.05) is 29.6 Å². The van der Waals surface area contributed by atoms with Crippen molar-refractivity contribution >= 4 is 34.3 Å². The molecule has 1 saturated carbocycles. The number of nitro benzene ring substituents is 1. The Morgan fingerprint density at radius 3 is 2.53 bits per heavy atom. The summed E-state index contributed by atoms with van der Waals surface area (Å²) in [5.41, 5.74) is 4.55. The van der Waals surface area contributed by atoms with Crippen molar-refractivity contribution in [3.63, 3.8) is 0 Å². The van der Waals surface area contributed by atoms with Gasteiger partial charge in [-0.05, 0) is 37.3 Å². The molecule has 1 fully saturated rings. The second kappa shape index (κ2) is 9.79. The van der Waals surface area contributed by atoms with E-state index in [1.165, 1.54) is 61.1 Å². The van der Waals surface area contributed by atoms with Crippen LogP contribution in [0.4, 0.5) is 5.69 Å².